The molecule has 0 radical (unpaired) electrons. The van der Waals surface area contributed by atoms with E-state index in [4.69, 9.17) is 0 Å². The summed E-state index contributed by atoms with van der Waals surface area (Å²) in [6.07, 6.45) is 4.16. The fraction of sp³-hybridized carbons (Fsp3) is 0.556. The second kappa shape index (κ2) is 8.43. The number of aryl methyl sites for hydroxylation is 2. The first-order valence-electron chi connectivity index (χ1n) is 9.07. The van der Waals surface area contributed by atoms with Crippen LogP contribution in [0.25, 0.3) is 10.2 Å². The lowest BCUT2D eigenvalue weighted by Gasteiger charge is -2.14. The normalized spacial score (nSPS) is 15.8. The lowest BCUT2D eigenvalue weighted by Crippen LogP contribution is -2.45. The van der Waals surface area contributed by atoms with Gasteiger partial charge in [0.05, 0.1) is 16.4 Å². The maximum absolute atomic E-state index is 12.3. The van der Waals surface area contributed by atoms with E-state index < -0.39 is 11.3 Å². The van der Waals surface area contributed by atoms with Gasteiger partial charge in [-0.05, 0) is 39.2 Å². The summed E-state index contributed by atoms with van der Waals surface area (Å²) >= 11 is 2.83. The topological polar surface area (TPSA) is 104 Å². The molecule has 1 aliphatic rings. The molecule has 7 nitrogen and oxygen atoms in total. The summed E-state index contributed by atoms with van der Waals surface area (Å²) in [4.78, 5) is 45.5. The zero-order valence-corrected chi connectivity index (χ0v) is 17.3. The number of thiophene rings is 1. The van der Waals surface area contributed by atoms with E-state index in [0.717, 1.165) is 41.0 Å². The molecule has 0 bridgehead atoms. The van der Waals surface area contributed by atoms with Gasteiger partial charge in [0, 0.05) is 10.9 Å². The molecule has 2 aromatic heterocycles. The molecule has 3 rings (SSSR count). The van der Waals surface area contributed by atoms with Crippen LogP contribution in [-0.2, 0) is 10.5 Å². The molecule has 0 saturated heterocycles. The fourth-order valence-electron chi connectivity index (χ4n) is 3.15. The Morgan fingerprint density at radius 1 is 1.33 bits per heavy atom. The quantitative estimate of drug-likeness (QED) is 0.706. The minimum absolute atomic E-state index is 0.148. The maximum atomic E-state index is 12.3. The zero-order chi connectivity index (χ0) is 19.6. The van der Waals surface area contributed by atoms with E-state index in [1.165, 1.54) is 23.1 Å². The van der Waals surface area contributed by atoms with Crippen LogP contribution in [0, 0.1) is 13.8 Å². The number of amides is 3. The number of urea groups is 1. The van der Waals surface area contributed by atoms with Crippen molar-refractivity contribution >= 4 is 45.3 Å². The fourth-order valence-corrected chi connectivity index (χ4v) is 4.96. The number of carbonyl (C=O) groups excluding carboxylic acids is 2. The van der Waals surface area contributed by atoms with Crippen molar-refractivity contribution in [2.75, 3.05) is 0 Å². The lowest BCUT2D eigenvalue weighted by atomic mass is 10.2. The molecule has 1 saturated carbocycles. The summed E-state index contributed by atoms with van der Waals surface area (Å²) in [6, 6.07) is -0.267. The van der Waals surface area contributed by atoms with Gasteiger partial charge in [-0.2, -0.15) is 0 Å². The largest absolute Gasteiger partial charge is 0.335 e. The van der Waals surface area contributed by atoms with Gasteiger partial charge in [-0.15, -0.1) is 23.1 Å². The monoisotopic (exact) mass is 408 g/mol. The third kappa shape index (κ3) is 4.70. The summed E-state index contributed by atoms with van der Waals surface area (Å²) in [5, 5.41) is 5.43. The number of thioether (sulfide) groups is 1. The van der Waals surface area contributed by atoms with Crippen molar-refractivity contribution in [2.45, 2.75) is 63.5 Å². The van der Waals surface area contributed by atoms with E-state index in [0.29, 0.717) is 17.0 Å². The standard InChI is InChI=1S/C18H24N4O3S2/c1-9-10(2)27-17-14(9)16(24)20-13(21-17)8-26-11(3)15(23)22-18(25)19-12-6-4-5-7-12/h11-12H,4-8H2,1-3H3,(H,20,21,24)(H2,19,22,23,25)/t11-/m1/s1. The second-order valence-electron chi connectivity index (χ2n) is 6.87. The average molecular weight is 409 g/mol. The van der Waals surface area contributed by atoms with Crippen LogP contribution in [0.1, 0.15) is 48.9 Å². The zero-order valence-electron chi connectivity index (χ0n) is 15.7. The Hall–Kier alpha value is -1.87. The second-order valence-corrected chi connectivity index (χ2v) is 9.41. The van der Waals surface area contributed by atoms with E-state index >= 15 is 0 Å². The Morgan fingerprint density at radius 3 is 2.74 bits per heavy atom. The highest BCUT2D eigenvalue weighted by Crippen LogP contribution is 2.26. The molecule has 1 aliphatic carbocycles. The number of aromatic amines is 1. The first-order chi connectivity index (χ1) is 12.8. The van der Waals surface area contributed by atoms with Crippen molar-refractivity contribution in [1.82, 2.24) is 20.6 Å². The van der Waals surface area contributed by atoms with Crippen LogP contribution in [0.5, 0.6) is 0 Å². The van der Waals surface area contributed by atoms with Gasteiger partial charge in [0.25, 0.3) is 5.56 Å². The molecule has 9 heteroatoms. The number of hydrogen-bond acceptors (Lipinski definition) is 6. The molecule has 0 spiro atoms. The molecule has 0 unspecified atom stereocenters. The first kappa shape index (κ1) is 19.9. The van der Waals surface area contributed by atoms with Crippen molar-refractivity contribution in [3.63, 3.8) is 0 Å². The molecule has 0 aliphatic heterocycles. The van der Waals surface area contributed by atoms with Crippen molar-refractivity contribution in [3.05, 3.63) is 26.6 Å². The van der Waals surface area contributed by atoms with Crippen LogP contribution < -0.4 is 16.2 Å². The minimum Gasteiger partial charge on any atom is -0.335 e. The van der Waals surface area contributed by atoms with Gasteiger partial charge in [0.15, 0.2) is 0 Å². The Balaban J connectivity index is 1.55. The lowest BCUT2D eigenvalue weighted by molar-refractivity contribution is -0.119. The highest BCUT2D eigenvalue weighted by Gasteiger charge is 2.21. The highest BCUT2D eigenvalue weighted by atomic mass is 32.2. The Kier molecular flexibility index (Phi) is 6.21. The number of rotatable bonds is 5. The van der Waals surface area contributed by atoms with E-state index in [-0.39, 0.29) is 17.5 Å². The molecule has 2 heterocycles. The molecule has 1 atom stereocenters. The summed E-state index contributed by atoms with van der Waals surface area (Å²) in [5.41, 5.74) is 0.814. The third-order valence-electron chi connectivity index (χ3n) is 4.85. The van der Waals surface area contributed by atoms with Gasteiger partial charge < -0.3 is 10.3 Å². The van der Waals surface area contributed by atoms with E-state index in [1.54, 1.807) is 6.92 Å². The van der Waals surface area contributed by atoms with E-state index in [1.807, 2.05) is 13.8 Å². The van der Waals surface area contributed by atoms with Gasteiger partial charge in [-0.25, -0.2) is 9.78 Å². The number of carbonyl (C=O) groups is 2. The summed E-state index contributed by atoms with van der Waals surface area (Å²) in [5.74, 6) is 0.579. The molecule has 3 N–H and O–H groups in total. The minimum atomic E-state index is -0.438. The van der Waals surface area contributed by atoms with Crippen molar-refractivity contribution in [2.24, 2.45) is 0 Å². The van der Waals surface area contributed by atoms with Gasteiger partial charge in [0.1, 0.15) is 10.7 Å². The Bertz CT molecular complexity index is 915. The van der Waals surface area contributed by atoms with Crippen LogP contribution in [0.15, 0.2) is 4.79 Å². The van der Waals surface area contributed by atoms with Crippen LogP contribution in [0.2, 0.25) is 0 Å². The summed E-state index contributed by atoms with van der Waals surface area (Å²) < 4.78 is 0. The number of H-pyrrole nitrogens is 1. The third-order valence-corrected chi connectivity index (χ3v) is 7.11. The van der Waals surface area contributed by atoms with Gasteiger partial charge in [0.2, 0.25) is 5.91 Å². The summed E-state index contributed by atoms with van der Waals surface area (Å²) in [7, 11) is 0. The molecule has 1 fully saturated rings. The number of hydrogen-bond donors (Lipinski definition) is 3. The Labute approximate surface area is 165 Å². The van der Waals surface area contributed by atoms with Crippen LogP contribution in [0.4, 0.5) is 4.79 Å². The molecule has 3 amide bonds. The van der Waals surface area contributed by atoms with Crippen LogP contribution in [-0.4, -0.2) is 33.2 Å². The van der Waals surface area contributed by atoms with Gasteiger partial charge in [-0.1, -0.05) is 12.8 Å². The van der Waals surface area contributed by atoms with Gasteiger partial charge in [-0.3, -0.25) is 14.9 Å². The molecule has 146 valence electrons. The van der Waals surface area contributed by atoms with Crippen molar-refractivity contribution in [1.29, 1.82) is 0 Å². The number of nitrogens with one attached hydrogen (secondary N) is 3. The van der Waals surface area contributed by atoms with Crippen LogP contribution in [0.3, 0.4) is 0 Å². The highest BCUT2D eigenvalue weighted by molar-refractivity contribution is 7.99. The molecule has 27 heavy (non-hydrogen) atoms. The molecule has 2 aromatic rings. The van der Waals surface area contributed by atoms with Gasteiger partial charge >= 0.3 is 6.03 Å². The number of imide groups is 1. The SMILES string of the molecule is Cc1sc2nc(CS[C@H](C)C(=O)NC(=O)NC3CCCC3)[nH]c(=O)c2c1C. The van der Waals surface area contributed by atoms with Crippen molar-refractivity contribution in [3.8, 4) is 0 Å². The molecule has 0 aromatic carbocycles. The predicted octanol–water partition coefficient (Wildman–Crippen LogP) is 2.99. The average Bonchev–Trinajstić information content (AvgIpc) is 3.21. The number of fused-ring (bicyclic) bond motifs is 1. The van der Waals surface area contributed by atoms with E-state index in [9.17, 15) is 14.4 Å². The number of aromatic nitrogens is 2. The molecular formula is C18H24N4O3S2. The number of nitrogens with zero attached hydrogens (tertiary/aromatic N) is 1. The molecular weight excluding hydrogens is 384 g/mol. The first-order valence-corrected chi connectivity index (χ1v) is 10.9. The van der Waals surface area contributed by atoms with E-state index in [2.05, 4.69) is 20.6 Å². The Morgan fingerprint density at radius 2 is 2.04 bits per heavy atom. The maximum Gasteiger partial charge on any atom is 0.321 e. The van der Waals surface area contributed by atoms with Crippen molar-refractivity contribution < 1.29 is 9.59 Å². The smallest absolute Gasteiger partial charge is 0.321 e. The summed E-state index contributed by atoms with van der Waals surface area (Å²) in [6.45, 7) is 5.63. The van der Waals surface area contributed by atoms with Crippen LogP contribution >= 0.6 is 23.1 Å². The predicted molar refractivity (Wildman–Crippen MR) is 109 cm³/mol.